The summed E-state index contributed by atoms with van der Waals surface area (Å²) in [5.74, 6) is 0.665. The number of nitrogens with zero attached hydrogens (tertiary/aromatic N) is 2. The highest BCUT2D eigenvalue weighted by molar-refractivity contribution is 5.90. The zero-order chi connectivity index (χ0) is 10.6. The van der Waals surface area contributed by atoms with Gasteiger partial charge in [-0.3, -0.25) is 9.69 Å². The summed E-state index contributed by atoms with van der Waals surface area (Å²) in [4.78, 5) is 17.0. The Morgan fingerprint density at radius 3 is 2.71 bits per heavy atom. The van der Waals surface area contributed by atoms with Crippen LogP contribution in [0.25, 0.3) is 0 Å². The molecule has 1 aromatic rings. The summed E-state index contributed by atoms with van der Waals surface area (Å²) in [5, 5.41) is 0. The second-order valence-corrected chi connectivity index (χ2v) is 3.12. The molecule has 0 atom stereocenters. The van der Waals surface area contributed by atoms with Crippen molar-refractivity contribution < 1.29 is 4.79 Å². The summed E-state index contributed by atoms with van der Waals surface area (Å²) >= 11 is 0. The Morgan fingerprint density at radius 1 is 1.57 bits per heavy atom. The van der Waals surface area contributed by atoms with E-state index in [1.165, 1.54) is 6.92 Å². The fraction of sp³-hybridized carbons (Fsp3) is 0.400. The van der Waals surface area contributed by atoms with Crippen LogP contribution in [0.15, 0.2) is 18.3 Å². The van der Waals surface area contributed by atoms with Gasteiger partial charge in [-0.25, -0.2) is 4.98 Å². The number of amides is 1. The van der Waals surface area contributed by atoms with Crippen molar-refractivity contribution in [1.29, 1.82) is 0 Å². The first-order valence-corrected chi connectivity index (χ1v) is 4.64. The van der Waals surface area contributed by atoms with Crippen LogP contribution < -0.4 is 10.6 Å². The van der Waals surface area contributed by atoms with Crippen LogP contribution >= 0.6 is 0 Å². The third-order valence-corrected chi connectivity index (χ3v) is 1.87. The van der Waals surface area contributed by atoms with E-state index in [1.54, 1.807) is 23.2 Å². The van der Waals surface area contributed by atoms with E-state index in [1.807, 2.05) is 6.92 Å². The van der Waals surface area contributed by atoms with Crippen LogP contribution in [0.1, 0.15) is 20.3 Å². The van der Waals surface area contributed by atoms with Gasteiger partial charge in [0.15, 0.2) is 0 Å². The minimum Gasteiger partial charge on any atom is -0.397 e. The maximum Gasteiger partial charge on any atom is 0.225 e. The summed E-state index contributed by atoms with van der Waals surface area (Å²) < 4.78 is 0. The van der Waals surface area contributed by atoms with Gasteiger partial charge >= 0.3 is 0 Å². The van der Waals surface area contributed by atoms with Gasteiger partial charge in [0.25, 0.3) is 0 Å². The smallest absolute Gasteiger partial charge is 0.225 e. The van der Waals surface area contributed by atoms with Crippen molar-refractivity contribution >= 4 is 17.4 Å². The van der Waals surface area contributed by atoms with Gasteiger partial charge in [-0.2, -0.15) is 0 Å². The first-order valence-electron chi connectivity index (χ1n) is 4.64. The van der Waals surface area contributed by atoms with Gasteiger partial charge in [-0.05, 0) is 18.6 Å². The van der Waals surface area contributed by atoms with Crippen LogP contribution in [-0.4, -0.2) is 17.4 Å². The summed E-state index contributed by atoms with van der Waals surface area (Å²) in [6.07, 6.45) is 2.46. The molecule has 0 aromatic carbocycles. The second-order valence-electron chi connectivity index (χ2n) is 3.12. The molecular formula is C10H15N3O. The number of anilines is 2. The number of rotatable bonds is 3. The van der Waals surface area contributed by atoms with Crippen LogP contribution in [0.5, 0.6) is 0 Å². The molecule has 2 N–H and O–H groups in total. The van der Waals surface area contributed by atoms with E-state index < -0.39 is 0 Å². The maximum absolute atomic E-state index is 11.3. The average molecular weight is 193 g/mol. The van der Waals surface area contributed by atoms with Crippen molar-refractivity contribution in [3.63, 3.8) is 0 Å². The lowest BCUT2D eigenvalue weighted by Crippen LogP contribution is -2.29. The number of nitrogen functional groups attached to an aromatic ring is 1. The molecule has 0 fully saturated rings. The van der Waals surface area contributed by atoms with Crippen LogP contribution in [0.3, 0.4) is 0 Å². The van der Waals surface area contributed by atoms with E-state index in [0.717, 1.165) is 6.42 Å². The molecule has 0 saturated heterocycles. The molecule has 0 aliphatic rings. The number of hydrogen-bond donors (Lipinski definition) is 1. The number of aromatic nitrogens is 1. The average Bonchev–Trinajstić information content (AvgIpc) is 2.15. The molecule has 76 valence electrons. The number of pyridine rings is 1. The highest BCUT2D eigenvalue weighted by Gasteiger charge is 2.10. The molecule has 0 unspecified atom stereocenters. The number of hydrogen-bond acceptors (Lipinski definition) is 3. The van der Waals surface area contributed by atoms with Crippen LogP contribution in [0.2, 0.25) is 0 Å². The first-order chi connectivity index (χ1) is 6.65. The lowest BCUT2D eigenvalue weighted by Gasteiger charge is -2.18. The van der Waals surface area contributed by atoms with E-state index in [9.17, 15) is 4.79 Å². The second kappa shape index (κ2) is 4.60. The largest absolute Gasteiger partial charge is 0.397 e. The maximum atomic E-state index is 11.3. The lowest BCUT2D eigenvalue weighted by molar-refractivity contribution is -0.116. The first kappa shape index (κ1) is 10.5. The predicted molar refractivity (Wildman–Crippen MR) is 57.0 cm³/mol. The number of carbonyl (C=O) groups excluding carboxylic acids is 1. The highest BCUT2D eigenvalue weighted by Crippen LogP contribution is 2.12. The summed E-state index contributed by atoms with van der Waals surface area (Å²) in [5.41, 5.74) is 6.12. The normalized spacial score (nSPS) is 9.86. The van der Waals surface area contributed by atoms with E-state index in [4.69, 9.17) is 5.73 Å². The Balaban J connectivity index is 2.87. The molecule has 0 aliphatic carbocycles. The van der Waals surface area contributed by atoms with E-state index in [0.29, 0.717) is 18.1 Å². The van der Waals surface area contributed by atoms with Crippen LogP contribution in [0.4, 0.5) is 11.5 Å². The van der Waals surface area contributed by atoms with E-state index >= 15 is 0 Å². The van der Waals surface area contributed by atoms with Gasteiger partial charge < -0.3 is 5.73 Å². The molecule has 1 rings (SSSR count). The van der Waals surface area contributed by atoms with Crippen molar-refractivity contribution in [2.24, 2.45) is 0 Å². The monoisotopic (exact) mass is 193 g/mol. The Kier molecular flexibility index (Phi) is 3.45. The molecule has 4 nitrogen and oxygen atoms in total. The Morgan fingerprint density at radius 2 is 2.29 bits per heavy atom. The molecular weight excluding hydrogens is 178 g/mol. The predicted octanol–water partition coefficient (Wildman–Crippen LogP) is 1.43. The SMILES string of the molecule is CCCN(C(C)=O)c1ccc(N)cn1. The Bertz CT molecular complexity index is 308. The molecule has 0 spiro atoms. The topological polar surface area (TPSA) is 59.2 Å². The van der Waals surface area contributed by atoms with Crippen molar-refractivity contribution in [3.05, 3.63) is 18.3 Å². The minimum atomic E-state index is 0.00382. The van der Waals surface area contributed by atoms with Crippen LogP contribution in [-0.2, 0) is 4.79 Å². The molecule has 0 radical (unpaired) electrons. The fourth-order valence-corrected chi connectivity index (χ4v) is 1.21. The summed E-state index contributed by atoms with van der Waals surface area (Å²) in [6.45, 7) is 4.24. The van der Waals surface area contributed by atoms with Gasteiger partial charge in [-0.1, -0.05) is 6.92 Å². The standard InChI is InChI=1S/C10H15N3O/c1-3-6-13(8(2)14)10-5-4-9(11)7-12-10/h4-5,7H,3,6,11H2,1-2H3. The molecule has 1 heterocycles. The summed E-state index contributed by atoms with van der Waals surface area (Å²) in [6, 6.07) is 3.50. The zero-order valence-electron chi connectivity index (χ0n) is 8.53. The fourth-order valence-electron chi connectivity index (χ4n) is 1.21. The van der Waals surface area contributed by atoms with Crippen LogP contribution in [0, 0.1) is 0 Å². The van der Waals surface area contributed by atoms with E-state index in [2.05, 4.69) is 4.98 Å². The summed E-state index contributed by atoms with van der Waals surface area (Å²) in [7, 11) is 0. The van der Waals surface area contributed by atoms with E-state index in [-0.39, 0.29) is 5.91 Å². The quantitative estimate of drug-likeness (QED) is 0.789. The minimum absolute atomic E-state index is 0.00382. The number of nitrogens with two attached hydrogens (primary N) is 1. The zero-order valence-corrected chi connectivity index (χ0v) is 8.53. The number of carbonyl (C=O) groups is 1. The van der Waals surface area contributed by atoms with Crippen molar-refractivity contribution in [3.8, 4) is 0 Å². The molecule has 0 saturated carbocycles. The van der Waals surface area contributed by atoms with Crippen molar-refractivity contribution in [2.75, 3.05) is 17.2 Å². The molecule has 0 aliphatic heterocycles. The highest BCUT2D eigenvalue weighted by atomic mass is 16.2. The van der Waals surface area contributed by atoms with Gasteiger partial charge in [0.1, 0.15) is 5.82 Å². The third-order valence-electron chi connectivity index (χ3n) is 1.87. The molecule has 14 heavy (non-hydrogen) atoms. The van der Waals surface area contributed by atoms with Gasteiger partial charge in [0.05, 0.1) is 11.9 Å². The van der Waals surface area contributed by atoms with Gasteiger partial charge in [-0.15, -0.1) is 0 Å². The van der Waals surface area contributed by atoms with Crippen molar-refractivity contribution in [2.45, 2.75) is 20.3 Å². The van der Waals surface area contributed by atoms with Crippen molar-refractivity contribution in [1.82, 2.24) is 4.98 Å². The lowest BCUT2D eigenvalue weighted by atomic mass is 10.3. The third kappa shape index (κ3) is 2.45. The molecule has 4 heteroatoms. The Labute approximate surface area is 83.7 Å². The van der Waals surface area contributed by atoms with Gasteiger partial charge in [0.2, 0.25) is 5.91 Å². The molecule has 0 bridgehead atoms. The van der Waals surface area contributed by atoms with Gasteiger partial charge in [0, 0.05) is 13.5 Å². The Hall–Kier alpha value is -1.58. The molecule has 1 amide bonds. The molecule has 1 aromatic heterocycles.